The van der Waals surface area contributed by atoms with Gasteiger partial charge in [0.25, 0.3) is 0 Å². The number of hydrogen-bond donors (Lipinski definition) is 2. The van der Waals surface area contributed by atoms with Crippen LogP contribution in [0.15, 0.2) is 29.8 Å². The number of fused-ring (bicyclic) bond motifs is 1. The van der Waals surface area contributed by atoms with E-state index < -0.39 is 0 Å². The van der Waals surface area contributed by atoms with Gasteiger partial charge in [-0.3, -0.25) is 0 Å². The van der Waals surface area contributed by atoms with Gasteiger partial charge in [-0.25, -0.2) is 14.2 Å². The molecule has 120 valence electrons. The first kappa shape index (κ1) is 14.6. The van der Waals surface area contributed by atoms with Gasteiger partial charge in [0.2, 0.25) is 0 Å². The van der Waals surface area contributed by atoms with E-state index in [0.29, 0.717) is 5.92 Å². The SMILES string of the molecule is O=C(N[C@@H]1CCc2ccc(F)cc21)N[C@@H](c1nccs1)C1CC1. The van der Waals surface area contributed by atoms with E-state index in [1.54, 1.807) is 17.5 Å². The summed E-state index contributed by atoms with van der Waals surface area (Å²) in [7, 11) is 0. The molecule has 0 aliphatic heterocycles. The summed E-state index contributed by atoms with van der Waals surface area (Å²) in [6.45, 7) is 0. The number of carbonyl (C=O) groups is 1. The Balaban J connectivity index is 1.44. The van der Waals surface area contributed by atoms with Gasteiger partial charge in [-0.05, 0) is 54.9 Å². The van der Waals surface area contributed by atoms with Gasteiger partial charge in [0, 0.05) is 11.6 Å². The number of nitrogens with one attached hydrogen (secondary N) is 2. The van der Waals surface area contributed by atoms with Gasteiger partial charge in [0.1, 0.15) is 10.8 Å². The lowest BCUT2D eigenvalue weighted by molar-refractivity contribution is 0.231. The standard InChI is InChI=1S/C17H18FN3OS/c18-12-5-3-10-4-6-14(13(10)9-12)20-17(22)21-15(11-1-2-11)16-19-7-8-23-16/h3,5,7-9,11,14-15H,1-2,4,6H2,(H2,20,21,22)/t14-,15-/m1/s1. The van der Waals surface area contributed by atoms with Crippen LogP contribution >= 0.6 is 11.3 Å². The van der Waals surface area contributed by atoms with Crippen LogP contribution in [0.4, 0.5) is 9.18 Å². The monoisotopic (exact) mass is 331 g/mol. The zero-order chi connectivity index (χ0) is 15.8. The topological polar surface area (TPSA) is 54.0 Å². The summed E-state index contributed by atoms with van der Waals surface area (Å²) in [5.41, 5.74) is 2.02. The van der Waals surface area contributed by atoms with Crippen molar-refractivity contribution in [3.05, 3.63) is 51.7 Å². The number of nitrogens with zero attached hydrogens (tertiary/aromatic N) is 1. The minimum atomic E-state index is -0.253. The van der Waals surface area contributed by atoms with Crippen LogP contribution < -0.4 is 10.6 Å². The van der Waals surface area contributed by atoms with Crippen LogP contribution in [0, 0.1) is 11.7 Å². The van der Waals surface area contributed by atoms with Gasteiger partial charge in [-0.2, -0.15) is 0 Å². The zero-order valence-corrected chi connectivity index (χ0v) is 13.4. The molecule has 1 aromatic carbocycles. The second kappa shape index (κ2) is 5.92. The Labute approximate surface area is 138 Å². The summed E-state index contributed by atoms with van der Waals surface area (Å²) in [5.74, 6) is 0.233. The fraction of sp³-hybridized carbons (Fsp3) is 0.412. The summed E-state index contributed by atoms with van der Waals surface area (Å²) in [4.78, 5) is 16.7. The molecule has 6 heteroatoms. The van der Waals surface area contributed by atoms with Crippen LogP contribution in [0.5, 0.6) is 0 Å². The fourth-order valence-electron chi connectivity index (χ4n) is 3.26. The van der Waals surface area contributed by atoms with E-state index in [0.717, 1.165) is 41.8 Å². The lowest BCUT2D eigenvalue weighted by Gasteiger charge is -2.19. The van der Waals surface area contributed by atoms with Crippen LogP contribution in [-0.2, 0) is 6.42 Å². The quantitative estimate of drug-likeness (QED) is 0.897. The summed E-state index contributed by atoms with van der Waals surface area (Å²) in [6, 6.07) is 4.51. The van der Waals surface area contributed by atoms with Crippen molar-refractivity contribution < 1.29 is 9.18 Å². The second-order valence-electron chi connectivity index (χ2n) is 6.24. The Kier molecular flexibility index (Phi) is 3.77. The predicted molar refractivity (Wildman–Crippen MR) is 86.7 cm³/mol. The highest BCUT2D eigenvalue weighted by Gasteiger charge is 2.35. The molecule has 1 fully saturated rings. The average Bonchev–Trinajstić information content (AvgIpc) is 3.08. The molecule has 4 nitrogen and oxygen atoms in total. The van der Waals surface area contributed by atoms with E-state index in [4.69, 9.17) is 0 Å². The molecule has 2 aromatic rings. The minimum Gasteiger partial charge on any atom is -0.331 e. The molecule has 1 heterocycles. The third kappa shape index (κ3) is 3.08. The number of urea groups is 1. The van der Waals surface area contributed by atoms with Gasteiger partial charge in [0.15, 0.2) is 0 Å². The molecule has 2 N–H and O–H groups in total. The highest BCUT2D eigenvalue weighted by Crippen LogP contribution is 2.41. The number of aryl methyl sites for hydroxylation is 1. The third-order valence-electron chi connectivity index (χ3n) is 4.59. The van der Waals surface area contributed by atoms with Crippen molar-refractivity contribution in [3.63, 3.8) is 0 Å². The van der Waals surface area contributed by atoms with Gasteiger partial charge < -0.3 is 10.6 Å². The molecule has 0 spiro atoms. The van der Waals surface area contributed by atoms with E-state index in [9.17, 15) is 9.18 Å². The van der Waals surface area contributed by atoms with Crippen LogP contribution in [0.2, 0.25) is 0 Å². The smallest absolute Gasteiger partial charge is 0.315 e. The number of aromatic nitrogens is 1. The molecule has 2 aliphatic rings. The fourth-order valence-corrected chi connectivity index (χ4v) is 4.04. The second-order valence-corrected chi connectivity index (χ2v) is 7.16. The van der Waals surface area contributed by atoms with Gasteiger partial charge >= 0.3 is 6.03 Å². The largest absolute Gasteiger partial charge is 0.331 e. The van der Waals surface area contributed by atoms with Crippen molar-refractivity contribution in [1.29, 1.82) is 0 Å². The molecule has 0 bridgehead atoms. The molecule has 2 amide bonds. The van der Waals surface area contributed by atoms with Crippen molar-refractivity contribution in [2.24, 2.45) is 5.92 Å². The first-order chi connectivity index (χ1) is 11.2. The molecule has 23 heavy (non-hydrogen) atoms. The number of hydrogen-bond acceptors (Lipinski definition) is 3. The van der Waals surface area contributed by atoms with E-state index >= 15 is 0 Å². The molecule has 2 aliphatic carbocycles. The molecule has 0 saturated heterocycles. The van der Waals surface area contributed by atoms with Crippen LogP contribution in [0.1, 0.15) is 47.5 Å². The highest BCUT2D eigenvalue weighted by atomic mass is 32.1. The molecule has 2 atom stereocenters. The number of amides is 2. The summed E-state index contributed by atoms with van der Waals surface area (Å²) in [5, 5.41) is 8.94. The van der Waals surface area contributed by atoms with Crippen molar-refractivity contribution in [1.82, 2.24) is 15.6 Å². The molecule has 4 rings (SSSR count). The molecular weight excluding hydrogens is 313 g/mol. The van der Waals surface area contributed by atoms with E-state index in [1.807, 2.05) is 11.4 Å². The van der Waals surface area contributed by atoms with Crippen LogP contribution in [0.25, 0.3) is 0 Å². The Morgan fingerprint density at radius 2 is 2.22 bits per heavy atom. The van der Waals surface area contributed by atoms with E-state index in [-0.39, 0.29) is 23.9 Å². The Hall–Kier alpha value is -1.95. The normalized spacial score (nSPS) is 20.8. The van der Waals surface area contributed by atoms with Crippen molar-refractivity contribution in [3.8, 4) is 0 Å². The number of carbonyl (C=O) groups excluding carboxylic acids is 1. The van der Waals surface area contributed by atoms with Crippen LogP contribution in [0.3, 0.4) is 0 Å². The lowest BCUT2D eigenvalue weighted by atomic mass is 10.1. The first-order valence-corrected chi connectivity index (χ1v) is 8.83. The molecule has 1 saturated carbocycles. The average molecular weight is 331 g/mol. The maximum absolute atomic E-state index is 13.4. The van der Waals surface area contributed by atoms with Crippen LogP contribution in [-0.4, -0.2) is 11.0 Å². The molecule has 0 radical (unpaired) electrons. The maximum atomic E-state index is 13.4. The predicted octanol–water partition coefficient (Wildman–Crippen LogP) is 3.72. The number of rotatable bonds is 4. The van der Waals surface area contributed by atoms with Gasteiger partial charge in [-0.15, -0.1) is 11.3 Å². The zero-order valence-electron chi connectivity index (χ0n) is 12.6. The van der Waals surface area contributed by atoms with E-state index in [1.165, 1.54) is 12.1 Å². The summed E-state index contributed by atoms with van der Waals surface area (Å²) in [6.07, 6.45) is 5.71. The first-order valence-electron chi connectivity index (χ1n) is 7.95. The van der Waals surface area contributed by atoms with Crippen molar-refractivity contribution in [2.75, 3.05) is 0 Å². The summed E-state index contributed by atoms with van der Waals surface area (Å²) >= 11 is 1.57. The number of halogens is 1. The molecule has 1 aromatic heterocycles. The lowest BCUT2D eigenvalue weighted by Crippen LogP contribution is -2.40. The maximum Gasteiger partial charge on any atom is 0.315 e. The Morgan fingerprint density at radius 1 is 1.35 bits per heavy atom. The van der Waals surface area contributed by atoms with Gasteiger partial charge in [0.05, 0.1) is 12.1 Å². The Morgan fingerprint density at radius 3 is 2.96 bits per heavy atom. The van der Waals surface area contributed by atoms with E-state index in [2.05, 4.69) is 15.6 Å². The third-order valence-corrected chi connectivity index (χ3v) is 5.45. The summed E-state index contributed by atoms with van der Waals surface area (Å²) < 4.78 is 13.4. The molecular formula is C17H18FN3OS. The number of benzene rings is 1. The van der Waals surface area contributed by atoms with Crippen molar-refractivity contribution in [2.45, 2.75) is 37.8 Å². The van der Waals surface area contributed by atoms with Crippen molar-refractivity contribution >= 4 is 17.4 Å². The molecule has 0 unspecified atom stereocenters. The highest BCUT2D eigenvalue weighted by molar-refractivity contribution is 7.09. The van der Waals surface area contributed by atoms with Gasteiger partial charge in [-0.1, -0.05) is 6.07 Å². The minimum absolute atomic E-state index is 0.0108. The number of thiazole rings is 1. The Bertz CT molecular complexity index is 715.